The van der Waals surface area contributed by atoms with Crippen molar-refractivity contribution in [3.63, 3.8) is 0 Å². The monoisotopic (exact) mass is 707 g/mol. The molecule has 218 valence electrons. The lowest BCUT2D eigenvalue weighted by molar-refractivity contribution is -0.0871. The molecule has 0 rings (SSSR count). The molecule has 0 heterocycles. The van der Waals surface area contributed by atoms with Gasteiger partial charge in [-0.05, 0) is 18.5 Å². The van der Waals surface area contributed by atoms with Crippen LogP contribution in [0.2, 0.25) is 0 Å². The summed E-state index contributed by atoms with van der Waals surface area (Å²) in [6.45, 7) is 1.39. The Balaban J connectivity index is 3.23. The molecule has 0 saturated heterocycles. The molecule has 8 nitrogen and oxygen atoms in total. The molecule has 1 unspecified atom stereocenters. The average Bonchev–Trinajstić information content (AvgIpc) is 2.89. The second-order valence-electron chi connectivity index (χ2n) is 6.21. The molecule has 0 aliphatic heterocycles. The van der Waals surface area contributed by atoms with Gasteiger partial charge in [0.2, 0.25) is 6.40 Å². The minimum absolute atomic E-state index is 0.0607. The summed E-state index contributed by atoms with van der Waals surface area (Å²) in [6.07, 6.45) is 2.18. The molecule has 0 radical (unpaired) electrons. The van der Waals surface area contributed by atoms with Crippen molar-refractivity contribution in [2.24, 2.45) is 9.98 Å². The number of hydrogen-bond donors (Lipinski definition) is 2. The molecule has 0 aliphatic carbocycles. The van der Waals surface area contributed by atoms with E-state index >= 15 is 0 Å². The first-order valence-corrected chi connectivity index (χ1v) is 22.2. The van der Waals surface area contributed by atoms with Crippen molar-refractivity contribution in [2.75, 3.05) is 86.5 Å². The van der Waals surface area contributed by atoms with Gasteiger partial charge in [-0.3, -0.25) is 19.0 Å². The molecule has 37 heavy (non-hydrogen) atoms. The van der Waals surface area contributed by atoms with Crippen molar-refractivity contribution in [2.45, 2.75) is 6.42 Å². The van der Waals surface area contributed by atoms with Crippen LogP contribution in [0.5, 0.6) is 0 Å². The van der Waals surface area contributed by atoms with Crippen LogP contribution in [0.1, 0.15) is 6.42 Å². The van der Waals surface area contributed by atoms with Crippen molar-refractivity contribution in [3.8, 4) is 0 Å². The highest BCUT2D eigenvalue weighted by Gasteiger charge is 2.02. The fourth-order valence-electron chi connectivity index (χ4n) is 1.78. The molecule has 0 aromatic carbocycles. The van der Waals surface area contributed by atoms with E-state index in [1.807, 2.05) is 58.8 Å². The molecule has 0 aliphatic rings. The number of rotatable bonds is 28. The van der Waals surface area contributed by atoms with Gasteiger partial charge in [-0.2, -0.15) is 23.5 Å². The van der Waals surface area contributed by atoms with Gasteiger partial charge in [0.1, 0.15) is 0 Å². The maximum atomic E-state index is 11.9. The van der Waals surface area contributed by atoms with E-state index < -0.39 is 10.8 Å². The zero-order chi connectivity index (χ0) is 27.1. The summed E-state index contributed by atoms with van der Waals surface area (Å²) in [5.74, 6) is 6.65. The van der Waals surface area contributed by atoms with Crippen LogP contribution in [0, 0.1) is 0 Å². The first-order chi connectivity index (χ1) is 18.2. The quantitative estimate of drug-likeness (QED) is 0.0181. The van der Waals surface area contributed by atoms with E-state index in [0.717, 1.165) is 73.3 Å². The van der Waals surface area contributed by atoms with E-state index in [2.05, 4.69) is 15.3 Å². The summed E-state index contributed by atoms with van der Waals surface area (Å²) in [4.78, 5) is 24.6. The van der Waals surface area contributed by atoms with Gasteiger partial charge >= 0.3 is 0 Å². The summed E-state index contributed by atoms with van der Waals surface area (Å²) < 4.78 is 24.9. The molecule has 0 aromatic rings. The lowest BCUT2D eigenvalue weighted by atomic mass is 10.6. The summed E-state index contributed by atoms with van der Waals surface area (Å²) in [5.41, 5.74) is 1.50. The molecule has 18 heteroatoms. The molecule has 0 bridgehead atoms. The van der Waals surface area contributed by atoms with Crippen LogP contribution in [-0.2, 0) is 20.0 Å². The molecule has 0 spiro atoms. The number of nitrogens with zero attached hydrogens (tertiary/aromatic N) is 2. The Labute approximate surface area is 263 Å². The largest absolute Gasteiger partial charge is 0.346 e. The van der Waals surface area contributed by atoms with Crippen LogP contribution in [0.4, 0.5) is 4.79 Å². The SMILES string of the molecule is CN=CS(=O)CCSCSCSCCSC(=O)NCCSCSCSCCN=COOSCCCSO. The van der Waals surface area contributed by atoms with Gasteiger partial charge in [-0.25, -0.2) is 0 Å². The van der Waals surface area contributed by atoms with Crippen molar-refractivity contribution in [1.29, 1.82) is 0 Å². The van der Waals surface area contributed by atoms with E-state index in [1.165, 1.54) is 35.8 Å². The van der Waals surface area contributed by atoms with Crippen molar-refractivity contribution in [1.82, 2.24) is 5.32 Å². The van der Waals surface area contributed by atoms with Crippen molar-refractivity contribution < 1.29 is 22.8 Å². The van der Waals surface area contributed by atoms with Gasteiger partial charge in [-0.1, -0.05) is 11.8 Å². The summed E-state index contributed by atoms with van der Waals surface area (Å²) in [5, 5.41) is 7.08. The topological polar surface area (TPSA) is 110 Å². The average molecular weight is 708 g/mol. The molecular weight excluding hydrogens is 671 g/mol. The number of nitrogens with one attached hydrogen (secondary N) is 1. The maximum absolute atomic E-state index is 11.9. The smallest absolute Gasteiger partial charge is 0.279 e. The first kappa shape index (κ1) is 38.8. The molecular formula is C19H37N3O5S10. The van der Waals surface area contributed by atoms with Gasteiger partial charge < -0.3 is 14.8 Å². The molecule has 2 N–H and O–H groups in total. The van der Waals surface area contributed by atoms with E-state index in [4.69, 9.17) is 13.8 Å². The zero-order valence-electron chi connectivity index (χ0n) is 20.8. The zero-order valence-corrected chi connectivity index (χ0v) is 29.0. The third-order valence-electron chi connectivity index (χ3n) is 3.33. The van der Waals surface area contributed by atoms with Crippen LogP contribution in [0.25, 0.3) is 0 Å². The number of amides is 1. The highest BCUT2D eigenvalue weighted by Crippen LogP contribution is 2.19. The lowest BCUT2D eigenvalue weighted by Gasteiger charge is -2.05. The third kappa shape index (κ3) is 33.9. The van der Waals surface area contributed by atoms with Crippen LogP contribution in [0.3, 0.4) is 0 Å². The minimum Gasteiger partial charge on any atom is -0.346 e. The van der Waals surface area contributed by atoms with Gasteiger partial charge in [0.25, 0.3) is 5.24 Å². The normalized spacial score (nSPS) is 12.5. The molecule has 1 amide bonds. The Morgan fingerprint density at radius 1 is 0.919 bits per heavy atom. The van der Waals surface area contributed by atoms with Gasteiger partial charge in [0.05, 0.1) is 22.9 Å². The van der Waals surface area contributed by atoms with E-state index in [1.54, 1.807) is 18.8 Å². The van der Waals surface area contributed by atoms with Crippen molar-refractivity contribution >= 4 is 134 Å². The Hall–Kier alpha value is 1.83. The lowest BCUT2D eigenvalue weighted by Crippen LogP contribution is -2.22. The van der Waals surface area contributed by atoms with Gasteiger partial charge in [0, 0.05) is 92.0 Å². The van der Waals surface area contributed by atoms with E-state index in [0.29, 0.717) is 24.6 Å². The number of thioether (sulfide) groups is 7. The summed E-state index contributed by atoms with van der Waals surface area (Å²) >= 11 is 14.5. The highest BCUT2D eigenvalue weighted by molar-refractivity contribution is 8.23. The fraction of sp³-hybridized carbons (Fsp3) is 0.842. The van der Waals surface area contributed by atoms with Crippen LogP contribution in [0.15, 0.2) is 9.98 Å². The second kappa shape index (κ2) is 34.0. The maximum Gasteiger partial charge on any atom is 0.279 e. The van der Waals surface area contributed by atoms with Gasteiger partial charge in [-0.15, -0.1) is 51.4 Å². The number of carbonyl (C=O) groups is 1. The summed E-state index contributed by atoms with van der Waals surface area (Å²) in [6, 6.07) is 0. The number of aliphatic imine (C=N–C) groups is 2. The minimum atomic E-state index is -0.931. The van der Waals surface area contributed by atoms with Crippen LogP contribution in [-0.4, -0.2) is 112 Å². The van der Waals surface area contributed by atoms with E-state index in [9.17, 15) is 9.00 Å². The predicted octanol–water partition coefficient (Wildman–Crippen LogP) is 6.29. The van der Waals surface area contributed by atoms with Gasteiger partial charge in [0.15, 0.2) is 0 Å². The Morgan fingerprint density at radius 3 is 2.35 bits per heavy atom. The standard InChI is InChI=1S/C19H37N3O5S10/c1-20-14-37(25)12-11-31-18-33-17-30-9-10-34-19(23)22-4-8-29-16-32-15-28-7-3-21-13-26-27-36-6-2-5-35-24/h13-14,24H,2-12,15-18H2,1H3,(H,22,23). The van der Waals surface area contributed by atoms with Crippen LogP contribution < -0.4 is 5.32 Å². The molecule has 0 fully saturated rings. The predicted molar refractivity (Wildman–Crippen MR) is 185 cm³/mol. The number of hydrogen-bond acceptors (Lipinski definition) is 16. The molecule has 0 saturated carbocycles. The number of carbonyl (C=O) groups excluding carboxylic acids is 1. The first-order valence-electron chi connectivity index (χ1n) is 11.1. The van der Waals surface area contributed by atoms with Crippen molar-refractivity contribution in [3.05, 3.63) is 0 Å². The third-order valence-corrected chi connectivity index (χ3v) is 14.1. The van der Waals surface area contributed by atoms with E-state index in [-0.39, 0.29) is 5.24 Å². The highest BCUT2D eigenvalue weighted by atomic mass is 32.2. The molecule has 1 atom stereocenters. The second-order valence-corrected chi connectivity index (χ2v) is 18.0. The Kier molecular flexibility index (Phi) is 35.7. The fourth-order valence-corrected chi connectivity index (χ4v) is 11.3. The Bertz CT molecular complexity index is 597. The molecule has 0 aromatic heterocycles. The van der Waals surface area contributed by atoms with Crippen LogP contribution >= 0.6 is 106 Å². The Morgan fingerprint density at radius 2 is 1.62 bits per heavy atom. The summed E-state index contributed by atoms with van der Waals surface area (Å²) in [7, 11) is 0.710.